The Hall–Kier alpha value is -2.09. The summed E-state index contributed by atoms with van der Waals surface area (Å²) in [5.41, 5.74) is 2.07. The average molecular weight is 263 g/mol. The van der Waals surface area contributed by atoms with Crippen LogP contribution in [0, 0.1) is 5.92 Å². The molecule has 20 heavy (non-hydrogen) atoms. The third-order valence-corrected chi connectivity index (χ3v) is 4.57. The van der Waals surface area contributed by atoms with E-state index in [1.165, 1.54) is 10.8 Å². The fourth-order valence-electron chi connectivity index (χ4n) is 3.43. The van der Waals surface area contributed by atoms with Crippen molar-refractivity contribution in [3.05, 3.63) is 53.7 Å². The van der Waals surface area contributed by atoms with Gasteiger partial charge in [0.15, 0.2) is 5.78 Å². The largest absolute Gasteiger partial charge is 0.369 e. The van der Waals surface area contributed by atoms with Gasteiger partial charge in [0.2, 0.25) is 0 Å². The zero-order valence-corrected chi connectivity index (χ0v) is 11.4. The molecule has 0 atom stereocenters. The number of carbonyl (C=O) groups excluding carboxylic acids is 1. The zero-order valence-electron chi connectivity index (χ0n) is 11.4. The van der Waals surface area contributed by atoms with Gasteiger partial charge < -0.3 is 4.90 Å². The van der Waals surface area contributed by atoms with Crippen LogP contribution in [0.4, 0.5) is 0 Å². The predicted octanol–water partition coefficient (Wildman–Crippen LogP) is 3.48. The van der Waals surface area contributed by atoms with E-state index >= 15 is 0 Å². The van der Waals surface area contributed by atoms with Gasteiger partial charge in [-0.2, -0.15) is 0 Å². The van der Waals surface area contributed by atoms with E-state index in [1.54, 1.807) is 0 Å². The smallest absolute Gasteiger partial charge is 0.182 e. The molecule has 3 aliphatic heterocycles. The number of piperidine rings is 3. The van der Waals surface area contributed by atoms with Gasteiger partial charge in [-0.1, -0.05) is 42.5 Å². The van der Waals surface area contributed by atoms with Crippen molar-refractivity contribution >= 4 is 22.6 Å². The molecule has 2 aromatic rings. The molecule has 5 rings (SSSR count). The van der Waals surface area contributed by atoms with Crippen LogP contribution in [0.2, 0.25) is 0 Å². The van der Waals surface area contributed by atoms with Crippen LogP contribution in [0.1, 0.15) is 18.4 Å². The molecule has 0 saturated carbocycles. The van der Waals surface area contributed by atoms with Gasteiger partial charge >= 0.3 is 0 Å². The number of carbonyl (C=O) groups is 1. The van der Waals surface area contributed by atoms with E-state index in [-0.39, 0.29) is 5.92 Å². The van der Waals surface area contributed by atoms with Crippen molar-refractivity contribution in [1.29, 1.82) is 0 Å². The fraction of sp³-hybridized carbons (Fsp3) is 0.278. The summed E-state index contributed by atoms with van der Waals surface area (Å²) in [5.74, 6) is 0.608. The summed E-state index contributed by atoms with van der Waals surface area (Å²) < 4.78 is 0. The lowest BCUT2D eigenvalue weighted by atomic mass is 9.84. The number of rotatable bonds is 1. The van der Waals surface area contributed by atoms with Crippen molar-refractivity contribution in [2.75, 3.05) is 13.1 Å². The first-order chi connectivity index (χ1) is 9.83. The molecular weight excluding hydrogens is 246 g/mol. The third-order valence-electron chi connectivity index (χ3n) is 4.57. The highest BCUT2D eigenvalue weighted by Gasteiger charge is 2.36. The molecule has 0 amide bonds. The van der Waals surface area contributed by atoms with Gasteiger partial charge in [-0.05, 0) is 35.3 Å². The fourth-order valence-corrected chi connectivity index (χ4v) is 3.43. The van der Waals surface area contributed by atoms with E-state index in [1.807, 2.05) is 0 Å². The molecule has 0 unspecified atom stereocenters. The minimum absolute atomic E-state index is 0.265. The van der Waals surface area contributed by atoms with Crippen LogP contribution in [0.5, 0.6) is 0 Å². The number of benzene rings is 2. The van der Waals surface area contributed by atoms with Crippen molar-refractivity contribution in [1.82, 2.24) is 4.90 Å². The molecular formula is C18H17NO. The summed E-state index contributed by atoms with van der Waals surface area (Å²) >= 11 is 0. The molecule has 100 valence electrons. The third kappa shape index (κ3) is 1.75. The molecule has 2 aromatic carbocycles. The Morgan fingerprint density at radius 3 is 2.55 bits per heavy atom. The summed E-state index contributed by atoms with van der Waals surface area (Å²) in [4.78, 5) is 14.7. The van der Waals surface area contributed by atoms with Gasteiger partial charge in [-0.3, -0.25) is 4.79 Å². The highest BCUT2D eigenvalue weighted by molar-refractivity contribution is 6.04. The molecule has 2 bridgehead atoms. The Balaban J connectivity index is 1.84. The summed E-state index contributed by atoms with van der Waals surface area (Å²) in [6, 6.07) is 14.6. The molecule has 0 aromatic heterocycles. The van der Waals surface area contributed by atoms with Crippen molar-refractivity contribution < 1.29 is 4.79 Å². The van der Waals surface area contributed by atoms with Crippen molar-refractivity contribution in [2.45, 2.75) is 12.8 Å². The highest BCUT2D eigenvalue weighted by Crippen LogP contribution is 2.33. The Morgan fingerprint density at radius 2 is 1.75 bits per heavy atom. The Kier molecular flexibility index (Phi) is 2.62. The van der Waals surface area contributed by atoms with E-state index < -0.39 is 0 Å². The average Bonchev–Trinajstić information content (AvgIpc) is 2.51. The highest BCUT2D eigenvalue weighted by atomic mass is 16.1. The van der Waals surface area contributed by atoms with Crippen molar-refractivity contribution in [3.8, 4) is 0 Å². The molecule has 0 N–H and O–H groups in total. The molecule has 3 saturated heterocycles. The van der Waals surface area contributed by atoms with Crippen LogP contribution in [-0.2, 0) is 4.79 Å². The number of fused-ring (bicyclic) bond motifs is 4. The lowest BCUT2D eigenvalue weighted by molar-refractivity contribution is -0.125. The van der Waals surface area contributed by atoms with E-state index in [9.17, 15) is 4.79 Å². The van der Waals surface area contributed by atoms with Gasteiger partial charge in [0.05, 0.1) is 5.70 Å². The van der Waals surface area contributed by atoms with Crippen LogP contribution in [0.3, 0.4) is 0 Å². The van der Waals surface area contributed by atoms with Gasteiger partial charge in [0.1, 0.15) is 0 Å². The van der Waals surface area contributed by atoms with Gasteiger partial charge in [0.25, 0.3) is 0 Å². The minimum atomic E-state index is 0.265. The predicted molar refractivity (Wildman–Crippen MR) is 81.2 cm³/mol. The number of hydrogen-bond donors (Lipinski definition) is 0. The summed E-state index contributed by atoms with van der Waals surface area (Å²) in [6.45, 7) is 2.07. The second kappa shape index (κ2) is 4.48. The second-order valence-corrected chi connectivity index (χ2v) is 5.72. The maximum atomic E-state index is 12.4. The molecule has 3 heterocycles. The molecule has 2 heteroatoms. The van der Waals surface area contributed by atoms with Gasteiger partial charge in [0, 0.05) is 19.0 Å². The quantitative estimate of drug-likeness (QED) is 0.734. The maximum Gasteiger partial charge on any atom is 0.182 e. The Bertz CT molecular complexity index is 703. The van der Waals surface area contributed by atoms with E-state index in [0.29, 0.717) is 5.78 Å². The first kappa shape index (κ1) is 11.7. The SMILES string of the molecule is O=C1/C(=C\c2cccc3ccccc23)N2CCC1CC2. The Labute approximate surface area is 118 Å². The zero-order chi connectivity index (χ0) is 13.5. The molecule has 0 radical (unpaired) electrons. The molecule has 0 spiro atoms. The maximum absolute atomic E-state index is 12.4. The van der Waals surface area contributed by atoms with Crippen LogP contribution in [-0.4, -0.2) is 23.8 Å². The van der Waals surface area contributed by atoms with Gasteiger partial charge in [-0.15, -0.1) is 0 Å². The second-order valence-electron chi connectivity index (χ2n) is 5.72. The summed E-state index contributed by atoms with van der Waals surface area (Å²) in [6.07, 6.45) is 4.16. The standard InChI is InChI=1S/C18H17NO/c20-18-14-8-10-19(11-9-14)17(18)12-15-6-3-5-13-4-1-2-7-16(13)15/h1-7,12,14H,8-11H2/b17-12+. The van der Waals surface area contributed by atoms with E-state index in [0.717, 1.165) is 37.2 Å². The monoisotopic (exact) mass is 263 g/mol. The number of Topliss-reactive ketones (excluding diaryl/α,β-unsaturated/α-hetero) is 1. The topological polar surface area (TPSA) is 20.3 Å². The number of ketones is 1. The van der Waals surface area contributed by atoms with Crippen molar-refractivity contribution in [3.63, 3.8) is 0 Å². The van der Waals surface area contributed by atoms with Gasteiger partial charge in [-0.25, -0.2) is 0 Å². The van der Waals surface area contributed by atoms with Crippen LogP contribution < -0.4 is 0 Å². The first-order valence-corrected chi connectivity index (χ1v) is 7.31. The normalized spacial score (nSPS) is 21.1. The Morgan fingerprint density at radius 1 is 1.00 bits per heavy atom. The van der Waals surface area contributed by atoms with Crippen molar-refractivity contribution in [2.24, 2.45) is 5.92 Å². The molecule has 0 aliphatic carbocycles. The molecule has 2 nitrogen and oxygen atoms in total. The molecule has 3 aliphatic rings. The lowest BCUT2D eigenvalue weighted by Crippen LogP contribution is -2.45. The molecule has 3 fully saturated rings. The first-order valence-electron chi connectivity index (χ1n) is 7.31. The van der Waals surface area contributed by atoms with E-state index in [4.69, 9.17) is 0 Å². The number of nitrogens with zero attached hydrogens (tertiary/aromatic N) is 1. The lowest BCUT2D eigenvalue weighted by Gasteiger charge is -2.41. The number of hydrogen-bond acceptors (Lipinski definition) is 2. The van der Waals surface area contributed by atoms with Crippen LogP contribution in [0.25, 0.3) is 16.8 Å². The van der Waals surface area contributed by atoms with Crippen LogP contribution >= 0.6 is 0 Å². The van der Waals surface area contributed by atoms with E-state index in [2.05, 4.69) is 53.4 Å². The summed E-state index contributed by atoms with van der Waals surface area (Å²) in [5, 5.41) is 2.45. The summed E-state index contributed by atoms with van der Waals surface area (Å²) in [7, 11) is 0. The van der Waals surface area contributed by atoms with Crippen LogP contribution in [0.15, 0.2) is 48.2 Å². The number of allylic oxidation sites excluding steroid dienone is 1. The minimum Gasteiger partial charge on any atom is -0.369 e.